The molecule has 2 heterocycles. The zero-order valence-electron chi connectivity index (χ0n) is 14.4. The molecule has 0 spiro atoms. The van der Waals surface area contributed by atoms with E-state index < -0.39 is 0 Å². The van der Waals surface area contributed by atoms with Crippen molar-refractivity contribution < 1.29 is 4.79 Å². The summed E-state index contributed by atoms with van der Waals surface area (Å²) in [6.07, 6.45) is 0.326. The Morgan fingerprint density at radius 3 is 2.54 bits per heavy atom. The van der Waals surface area contributed by atoms with Gasteiger partial charge >= 0.3 is 0 Å². The smallest absolute Gasteiger partial charge is 0.244 e. The summed E-state index contributed by atoms with van der Waals surface area (Å²) in [6, 6.07) is 22.7. The van der Waals surface area contributed by atoms with E-state index in [2.05, 4.69) is 58.5 Å². The fraction of sp³-hybridized carbons (Fsp3) is 0.0909. The lowest BCUT2D eigenvalue weighted by Gasteiger charge is -2.10. The number of carbonyl (C=O) groups is 1. The highest BCUT2D eigenvalue weighted by Gasteiger charge is 2.21. The van der Waals surface area contributed by atoms with Crippen molar-refractivity contribution in [1.29, 1.82) is 0 Å². The molecular weight excluding hydrogens is 322 g/mol. The predicted molar refractivity (Wildman–Crippen MR) is 104 cm³/mol. The van der Waals surface area contributed by atoms with Gasteiger partial charge in [-0.2, -0.15) is 5.10 Å². The lowest BCUT2D eigenvalue weighted by atomic mass is 9.94. The molecule has 1 amide bonds. The van der Waals surface area contributed by atoms with Gasteiger partial charge in [0.2, 0.25) is 5.91 Å². The van der Waals surface area contributed by atoms with E-state index in [1.165, 1.54) is 16.3 Å². The summed E-state index contributed by atoms with van der Waals surface area (Å²) in [5.74, 6) is -0.0877. The number of benzene rings is 3. The van der Waals surface area contributed by atoms with Gasteiger partial charge in [-0.1, -0.05) is 48.5 Å². The normalized spacial score (nSPS) is 14.0. The molecular formula is C22H17N3O. The fourth-order valence-electron chi connectivity index (χ4n) is 3.82. The highest BCUT2D eigenvalue weighted by Crippen LogP contribution is 2.32. The number of carbonyl (C=O) groups excluding carboxylic acids is 1. The molecule has 5 rings (SSSR count). The number of rotatable bonds is 1. The Hall–Kier alpha value is -3.40. The maximum atomic E-state index is 12.2. The van der Waals surface area contributed by atoms with Gasteiger partial charge in [0, 0.05) is 40.0 Å². The van der Waals surface area contributed by atoms with E-state index in [4.69, 9.17) is 0 Å². The quantitative estimate of drug-likeness (QED) is 0.564. The number of amides is 1. The van der Waals surface area contributed by atoms with Crippen molar-refractivity contribution in [2.24, 2.45) is 12.1 Å². The van der Waals surface area contributed by atoms with Gasteiger partial charge in [0.05, 0.1) is 12.1 Å². The highest BCUT2D eigenvalue weighted by molar-refractivity contribution is 6.18. The van der Waals surface area contributed by atoms with Crippen molar-refractivity contribution in [2.75, 3.05) is 0 Å². The number of aromatic nitrogens is 1. The fourth-order valence-corrected chi connectivity index (χ4v) is 3.82. The molecule has 126 valence electrons. The maximum Gasteiger partial charge on any atom is 0.244 e. The van der Waals surface area contributed by atoms with E-state index in [1.54, 1.807) is 0 Å². The molecule has 4 nitrogen and oxygen atoms in total. The molecule has 1 N–H and O–H groups in total. The minimum absolute atomic E-state index is 0.0877. The first-order valence-electron chi connectivity index (χ1n) is 8.65. The molecule has 0 radical (unpaired) electrons. The molecule has 1 aliphatic rings. The number of aryl methyl sites for hydroxylation is 1. The Morgan fingerprint density at radius 1 is 0.923 bits per heavy atom. The van der Waals surface area contributed by atoms with Gasteiger partial charge in [-0.15, -0.1) is 0 Å². The predicted octanol–water partition coefficient (Wildman–Crippen LogP) is 3.76. The van der Waals surface area contributed by atoms with E-state index >= 15 is 0 Å². The first kappa shape index (κ1) is 14.9. The Labute approximate surface area is 150 Å². The number of hydrogen-bond acceptors (Lipinski definition) is 2. The summed E-state index contributed by atoms with van der Waals surface area (Å²) >= 11 is 0. The van der Waals surface area contributed by atoms with E-state index in [9.17, 15) is 4.79 Å². The van der Waals surface area contributed by atoms with E-state index in [-0.39, 0.29) is 5.91 Å². The number of nitrogens with one attached hydrogen (secondary N) is 1. The minimum atomic E-state index is -0.0877. The van der Waals surface area contributed by atoms with Gasteiger partial charge in [-0.05, 0) is 23.8 Å². The van der Waals surface area contributed by atoms with Gasteiger partial charge in [0.1, 0.15) is 0 Å². The minimum Gasteiger partial charge on any atom is -0.344 e. The van der Waals surface area contributed by atoms with Crippen LogP contribution in [-0.4, -0.2) is 16.2 Å². The van der Waals surface area contributed by atoms with Crippen molar-refractivity contribution >= 4 is 33.4 Å². The van der Waals surface area contributed by atoms with Gasteiger partial charge in [0.15, 0.2) is 0 Å². The first-order valence-corrected chi connectivity index (χ1v) is 8.65. The average molecular weight is 339 g/mol. The van der Waals surface area contributed by atoms with Gasteiger partial charge in [-0.3, -0.25) is 4.79 Å². The van der Waals surface area contributed by atoms with E-state index in [0.29, 0.717) is 6.42 Å². The number of nitrogens with zero attached hydrogens (tertiary/aromatic N) is 2. The monoisotopic (exact) mass is 339 g/mol. The lowest BCUT2D eigenvalue weighted by molar-refractivity contribution is -0.120. The summed E-state index contributed by atoms with van der Waals surface area (Å²) in [6.45, 7) is 0. The molecule has 4 heteroatoms. The highest BCUT2D eigenvalue weighted by atomic mass is 16.2. The van der Waals surface area contributed by atoms with Crippen LogP contribution in [0.25, 0.3) is 21.8 Å². The molecule has 0 saturated carbocycles. The van der Waals surface area contributed by atoms with Crippen molar-refractivity contribution in [2.45, 2.75) is 6.42 Å². The van der Waals surface area contributed by atoms with Crippen molar-refractivity contribution in [3.8, 4) is 0 Å². The Kier molecular flexibility index (Phi) is 3.19. The first-order chi connectivity index (χ1) is 12.7. The molecule has 0 saturated heterocycles. The third kappa shape index (κ3) is 2.15. The second kappa shape index (κ2) is 5.56. The summed E-state index contributed by atoms with van der Waals surface area (Å²) < 4.78 is 2.19. The van der Waals surface area contributed by atoms with Crippen LogP contribution in [0.3, 0.4) is 0 Å². The number of hydrazone groups is 1. The molecule has 0 unspecified atom stereocenters. The van der Waals surface area contributed by atoms with Crippen LogP contribution in [0.5, 0.6) is 0 Å². The maximum absolute atomic E-state index is 12.2. The van der Waals surface area contributed by atoms with Gasteiger partial charge in [0.25, 0.3) is 0 Å². The number of fused-ring (bicyclic) bond motifs is 4. The lowest BCUT2D eigenvalue weighted by Crippen LogP contribution is -2.18. The number of hydrogen-bond donors (Lipinski definition) is 1. The van der Waals surface area contributed by atoms with E-state index in [1.807, 2.05) is 30.3 Å². The third-order valence-corrected chi connectivity index (χ3v) is 5.08. The van der Waals surface area contributed by atoms with E-state index in [0.717, 1.165) is 27.9 Å². The summed E-state index contributed by atoms with van der Waals surface area (Å²) in [5.41, 5.74) is 8.81. The van der Waals surface area contributed by atoms with Crippen LogP contribution in [0.2, 0.25) is 0 Å². The van der Waals surface area contributed by atoms with Crippen LogP contribution >= 0.6 is 0 Å². The standard InChI is InChI=1S/C22H17N3O/c1-25-19-10-6-5-9-16(19)18-13-17-15(11-20(18)25)12-21(26)23-24-22(17)14-7-3-2-4-8-14/h2-11,13H,12H2,1H3,(H,23,26). The molecule has 0 bridgehead atoms. The average Bonchev–Trinajstić information content (AvgIpc) is 2.84. The molecule has 0 atom stereocenters. The number of para-hydroxylation sites is 1. The Morgan fingerprint density at radius 2 is 1.69 bits per heavy atom. The summed E-state index contributed by atoms with van der Waals surface area (Å²) in [7, 11) is 2.07. The Balaban J connectivity index is 1.86. The second-order valence-corrected chi connectivity index (χ2v) is 6.64. The molecule has 4 aromatic rings. The second-order valence-electron chi connectivity index (χ2n) is 6.64. The topological polar surface area (TPSA) is 46.4 Å². The zero-order chi connectivity index (χ0) is 17.7. The van der Waals surface area contributed by atoms with Crippen LogP contribution < -0.4 is 5.43 Å². The van der Waals surface area contributed by atoms with Crippen LogP contribution in [0.4, 0.5) is 0 Å². The zero-order valence-corrected chi connectivity index (χ0v) is 14.4. The Bertz CT molecular complexity index is 1200. The third-order valence-electron chi connectivity index (χ3n) is 5.08. The molecule has 1 aromatic heterocycles. The van der Waals surface area contributed by atoms with Crippen molar-refractivity contribution in [1.82, 2.24) is 9.99 Å². The van der Waals surface area contributed by atoms with Crippen molar-refractivity contribution in [3.63, 3.8) is 0 Å². The molecule has 26 heavy (non-hydrogen) atoms. The molecule has 1 aliphatic heterocycles. The van der Waals surface area contributed by atoms with Crippen LogP contribution in [0.1, 0.15) is 16.7 Å². The van der Waals surface area contributed by atoms with Crippen LogP contribution in [0.15, 0.2) is 71.8 Å². The summed E-state index contributed by atoms with van der Waals surface area (Å²) in [5, 5.41) is 6.81. The molecule has 3 aromatic carbocycles. The largest absolute Gasteiger partial charge is 0.344 e. The van der Waals surface area contributed by atoms with Gasteiger partial charge in [-0.25, -0.2) is 5.43 Å². The van der Waals surface area contributed by atoms with Crippen LogP contribution in [0, 0.1) is 0 Å². The van der Waals surface area contributed by atoms with Crippen LogP contribution in [-0.2, 0) is 18.3 Å². The van der Waals surface area contributed by atoms with Crippen molar-refractivity contribution in [3.05, 3.63) is 83.4 Å². The molecule has 0 aliphatic carbocycles. The summed E-state index contributed by atoms with van der Waals surface area (Å²) in [4.78, 5) is 12.2. The van der Waals surface area contributed by atoms with Gasteiger partial charge < -0.3 is 4.57 Å². The molecule has 0 fully saturated rings. The SMILES string of the molecule is Cn1c2ccccc2c2cc3c(cc21)CC(=O)NN=C3c1ccccc1.